The van der Waals surface area contributed by atoms with Gasteiger partial charge in [0.15, 0.2) is 0 Å². The van der Waals surface area contributed by atoms with Crippen molar-refractivity contribution in [3.8, 4) is 0 Å². The topological polar surface area (TPSA) is 151 Å². The average molecular weight is 527 g/mol. The summed E-state index contributed by atoms with van der Waals surface area (Å²) in [5.74, 6) is 0.931. The molecule has 8 nitrogen and oxygen atoms in total. The summed E-state index contributed by atoms with van der Waals surface area (Å²) >= 11 is 0. The zero-order valence-corrected chi connectivity index (χ0v) is 22.1. The molecule has 13 atom stereocenters. The van der Waals surface area contributed by atoms with E-state index in [1.54, 1.807) is 0 Å². The Bertz CT molecular complexity index is 723. The molecule has 8 heteroatoms. The molecule has 5 saturated carbocycles. The van der Waals surface area contributed by atoms with Crippen LogP contribution in [0.1, 0.15) is 83.5 Å². The van der Waals surface area contributed by atoms with E-state index in [4.69, 9.17) is 4.74 Å². The van der Waals surface area contributed by atoms with E-state index in [0.29, 0.717) is 43.9 Å². The molecule has 0 spiro atoms. The maximum absolute atomic E-state index is 11.5. The van der Waals surface area contributed by atoms with Gasteiger partial charge in [0.1, 0.15) is 6.10 Å². The lowest BCUT2D eigenvalue weighted by molar-refractivity contribution is -0.160. The predicted octanol–water partition coefficient (Wildman–Crippen LogP) is 1.35. The first-order valence-corrected chi connectivity index (χ1v) is 15.1. The summed E-state index contributed by atoms with van der Waals surface area (Å²) in [6.07, 6.45) is 5.77. The smallest absolute Gasteiger partial charge is 0.106 e. The number of fused-ring (bicyclic) bond motifs is 2. The Labute approximate surface area is 221 Å². The maximum Gasteiger partial charge on any atom is 0.106 e. The van der Waals surface area contributed by atoms with Gasteiger partial charge in [0.2, 0.25) is 0 Å². The second-order valence-electron chi connectivity index (χ2n) is 13.4. The van der Waals surface area contributed by atoms with Gasteiger partial charge in [-0.25, -0.2) is 0 Å². The molecule has 0 heterocycles. The molecule has 0 bridgehead atoms. The molecule has 0 aromatic rings. The van der Waals surface area contributed by atoms with Crippen molar-refractivity contribution in [2.75, 3.05) is 6.61 Å². The molecule has 0 aromatic heterocycles. The lowest BCUT2D eigenvalue weighted by Gasteiger charge is -2.53. The first-order chi connectivity index (χ1) is 17.7. The molecule has 5 aliphatic carbocycles. The predicted molar refractivity (Wildman–Crippen MR) is 136 cm³/mol. The van der Waals surface area contributed by atoms with Crippen LogP contribution in [0, 0.1) is 41.4 Å². The molecule has 5 rings (SSSR count). The van der Waals surface area contributed by atoms with E-state index in [1.165, 1.54) is 0 Å². The van der Waals surface area contributed by atoms with Gasteiger partial charge in [-0.3, -0.25) is 0 Å². The molecule has 0 aromatic carbocycles. The van der Waals surface area contributed by atoms with Crippen LogP contribution in [-0.2, 0) is 4.74 Å². The quantitative estimate of drug-likeness (QED) is 0.274. The van der Waals surface area contributed by atoms with Gasteiger partial charge >= 0.3 is 0 Å². The number of aliphatic hydroxyl groups is 7. The fraction of sp³-hybridized carbons (Fsp3) is 1.00. The van der Waals surface area contributed by atoms with Crippen LogP contribution in [0.25, 0.3) is 0 Å². The van der Waals surface area contributed by atoms with Crippen molar-refractivity contribution in [2.45, 2.75) is 132 Å². The molecule has 5 fully saturated rings. The van der Waals surface area contributed by atoms with Crippen molar-refractivity contribution >= 4 is 0 Å². The number of hydrogen-bond acceptors (Lipinski definition) is 8. The molecule has 214 valence electrons. The molecule has 0 amide bonds. The Kier molecular flexibility index (Phi) is 9.19. The van der Waals surface area contributed by atoms with Gasteiger partial charge in [0, 0.05) is 12.5 Å². The summed E-state index contributed by atoms with van der Waals surface area (Å²) in [5, 5.41) is 73.0. The molecule has 7 N–H and O–H groups in total. The minimum atomic E-state index is -1.13. The second-order valence-corrected chi connectivity index (χ2v) is 13.4. The Hall–Kier alpha value is -0.320. The van der Waals surface area contributed by atoms with Gasteiger partial charge in [-0.1, -0.05) is 12.8 Å². The lowest BCUT2D eigenvalue weighted by atomic mass is 9.55. The minimum absolute atomic E-state index is 0.0319. The van der Waals surface area contributed by atoms with E-state index in [2.05, 4.69) is 0 Å². The van der Waals surface area contributed by atoms with Crippen LogP contribution in [0.15, 0.2) is 0 Å². The summed E-state index contributed by atoms with van der Waals surface area (Å²) < 4.78 is 6.55. The average Bonchev–Trinajstić information content (AvgIpc) is 2.85. The molecule has 0 radical (unpaired) electrons. The van der Waals surface area contributed by atoms with Crippen molar-refractivity contribution in [2.24, 2.45) is 41.4 Å². The largest absolute Gasteiger partial charge is 0.396 e. The van der Waals surface area contributed by atoms with Crippen LogP contribution in [0.5, 0.6) is 0 Å². The van der Waals surface area contributed by atoms with Crippen molar-refractivity contribution in [3.63, 3.8) is 0 Å². The van der Waals surface area contributed by atoms with Crippen LogP contribution in [0.3, 0.4) is 0 Å². The molecule has 13 unspecified atom stereocenters. The van der Waals surface area contributed by atoms with Crippen molar-refractivity contribution in [1.82, 2.24) is 0 Å². The third-order valence-electron chi connectivity index (χ3n) is 11.0. The van der Waals surface area contributed by atoms with Gasteiger partial charge < -0.3 is 40.5 Å². The summed E-state index contributed by atoms with van der Waals surface area (Å²) in [4.78, 5) is 0. The summed E-state index contributed by atoms with van der Waals surface area (Å²) in [6.45, 7) is 0.230. The summed E-state index contributed by atoms with van der Waals surface area (Å²) in [7, 11) is 0. The van der Waals surface area contributed by atoms with Crippen molar-refractivity contribution < 1.29 is 40.5 Å². The Balaban J connectivity index is 1.19. The molecule has 0 aliphatic heterocycles. The van der Waals surface area contributed by atoms with Gasteiger partial charge in [-0.05, 0) is 106 Å². The summed E-state index contributed by atoms with van der Waals surface area (Å²) in [5.41, 5.74) is 0. The van der Waals surface area contributed by atoms with Gasteiger partial charge in [-0.15, -0.1) is 0 Å². The van der Waals surface area contributed by atoms with Crippen LogP contribution < -0.4 is 0 Å². The van der Waals surface area contributed by atoms with Gasteiger partial charge in [-0.2, -0.15) is 0 Å². The number of aliphatic hydroxyl groups excluding tert-OH is 7. The lowest BCUT2D eigenvalue weighted by Crippen LogP contribution is -2.54. The minimum Gasteiger partial charge on any atom is -0.396 e. The van der Waals surface area contributed by atoms with E-state index >= 15 is 0 Å². The van der Waals surface area contributed by atoms with E-state index in [1.807, 2.05) is 0 Å². The first-order valence-electron chi connectivity index (χ1n) is 15.1. The van der Waals surface area contributed by atoms with Crippen LogP contribution in [0.4, 0.5) is 0 Å². The van der Waals surface area contributed by atoms with Gasteiger partial charge in [0.05, 0.1) is 42.7 Å². The second kappa shape index (κ2) is 12.0. The Morgan fingerprint density at radius 2 is 1.27 bits per heavy atom. The number of hydrogen-bond donors (Lipinski definition) is 7. The highest BCUT2D eigenvalue weighted by Gasteiger charge is 2.52. The van der Waals surface area contributed by atoms with Gasteiger partial charge in [0.25, 0.3) is 0 Å². The summed E-state index contributed by atoms with van der Waals surface area (Å²) in [6, 6.07) is 0. The van der Waals surface area contributed by atoms with E-state index in [-0.39, 0.29) is 48.4 Å². The maximum atomic E-state index is 11.5. The molecular formula is C29H50O8. The highest BCUT2D eigenvalue weighted by molar-refractivity contribution is 5.02. The fourth-order valence-corrected chi connectivity index (χ4v) is 9.16. The molecule has 37 heavy (non-hydrogen) atoms. The first kappa shape index (κ1) is 28.2. The Morgan fingerprint density at radius 3 is 2.00 bits per heavy atom. The molecule has 0 saturated heterocycles. The van der Waals surface area contributed by atoms with E-state index in [9.17, 15) is 35.7 Å². The van der Waals surface area contributed by atoms with Crippen LogP contribution in [0.2, 0.25) is 0 Å². The van der Waals surface area contributed by atoms with E-state index in [0.717, 1.165) is 51.4 Å². The normalized spacial score (nSPS) is 52.8. The standard InChI is InChI=1S/C29H50O8/c30-5-4-15-2-1-3-19(6-15)37-20-10-17-12-22-18(11-21(17)25(32)14-20)13-24(31)23(28(22)35)7-16-8-26(33)29(36)27(34)9-16/h15-36H,1-14H2. The Morgan fingerprint density at radius 1 is 0.568 bits per heavy atom. The highest BCUT2D eigenvalue weighted by atomic mass is 16.5. The third-order valence-corrected chi connectivity index (χ3v) is 11.0. The third kappa shape index (κ3) is 6.22. The monoisotopic (exact) mass is 526 g/mol. The number of ether oxygens (including phenoxy) is 1. The zero-order valence-electron chi connectivity index (χ0n) is 22.1. The molecular weight excluding hydrogens is 476 g/mol. The van der Waals surface area contributed by atoms with Crippen molar-refractivity contribution in [3.05, 3.63) is 0 Å². The van der Waals surface area contributed by atoms with E-state index < -0.39 is 36.6 Å². The SMILES string of the molecule is OCCC1CCCC(OC2CC(O)C3CC4CC(O)C(CC5CC(O)C(O)C(O)C5)C(O)C4CC3C2)C1. The van der Waals surface area contributed by atoms with Crippen LogP contribution in [-0.4, -0.2) is 91.2 Å². The zero-order chi connectivity index (χ0) is 26.3. The fourth-order valence-electron chi connectivity index (χ4n) is 9.16. The van der Waals surface area contributed by atoms with Crippen molar-refractivity contribution in [1.29, 1.82) is 0 Å². The van der Waals surface area contributed by atoms with Crippen LogP contribution >= 0.6 is 0 Å². The molecule has 5 aliphatic rings. The highest BCUT2D eigenvalue weighted by Crippen LogP contribution is 2.53. The number of rotatable bonds is 6.